The van der Waals surface area contributed by atoms with E-state index in [4.69, 9.17) is 9.47 Å². The van der Waals surface area contributed by atoms with Crippen LogP contribution in [0.5, 0.6) is 11.5 Å². The van der Waals surface area contributed by atoms with Crippen LogP contribution in [0, 0.1) is 0 Å². The van der Waals surface area contributed by atoms with Gasteiger partial charge < -0.3 is 9.47 Å². The Bertz CT molecular complexity index is 699. The lowest BCUT2D eigenvalue weighted by Crippen LogP contribution is -2.35. The van der Waals surface area contributed by atoms with Gasteiger partial charge in [-0.1, -0.05) is 12.1 Å². The smallest absolute Gasteiger partial charge is 0.120 e. The summed E-state index contributed by atoms with van der Waals surface area (Å²) in [7, 11) is 0. The van der Waals surface area contributed by atoms with E-state index in [2.05, 4.69) is 66.6 Å². The van der Waals surface area contributed by atoms with E-state index in [1.807, 2.05) is 13.8 Å². The highest BCUT2D eigenvalue weighted by Crippen LogP contribution is 2.30. The van der Waals surface area contributed by atoms with Crippen molar-refractivity contribution in [3.8, 4) is 11.5 Å². The Kier molecular flexibility index (Phi) is 6.15. The second-order valence-corrected chi connectivity index (χ2v) is 8.38. The minimum atomic E-state index is -0.123. The molecular formula is C22H29NO2S. The molecule has 26 heavy (non-hydrogen) atoms. The second-order valence-electron chi connectivity index (χ2n) is 7.50. The summed E-state index contributed by atoms with van der Waals surface area (Å²) in [4.78, 5) is 3.73. The van der Waals surface area contributed by atoms with Gasteiger partial charge in [-0.3, -0.25) is 4.90 Å². The van der Waals surface area contributed by atoms with Crippen LogP contribution in [0.15, 0.2) is 53.4 Å². The molecule has 0 bridgehead atoms. The third kappa shape index (κ3) is 5.18. The lowest BCUT2D eigenvalue weighted by molar-refractivity contribution is 0.0950. The summed E-state index contributed by atoms with van der Waals surface area (Å²) < 4.78 is 12.0. The molecule has 4 heteroatoms. The van der Waals surface area contributed by atoms with Gasteiger partial charge in [-0.25, -0.2) is 0 Å². The maximum absolute atomic E-state index is 6.32. The molecule has 3 nitrogen and oxygen atoms in total. The first-order chi connectivity index (χ1) is 12.5. The van der Waals surface area contributed by atoms with E-state index >= 15 is 0 Å². The highest BCUT2D eigenvalue weighted by Gasteiger charge is 2.35. The summed E-state index contributed by atoms with van der Waals surface area (Å²) in [6.45, 7) is 9.27. The minimum absolute atomic E-state index is 0.123. The number of thioether (sulfide) groups is 1. The third-order valence-electron chi connectivity index (χ3n) is 4.64. The Hall–Kier alpha value is -1.65. The summed E-state index contributed by atoms with van der Waals surface area (Å²) in [5.74, 6) is 1.90. The predicted molar refractivity (Wildman–Crippen MR) is 109 cm³/mol. The van der Waals surface area contributed by atoms with Crippen LogP contribution in [0.3, 0.4) is 0 Å². The Labute approximate surface area is 161 Å². The van der Waals surface area contributed by atoms with Crippen LogP contribution in [0.2, 0.25) is 0 Å². The topological polar surface area (TPSA) is 21.7 Å². The van der Waals surface area contributed by atoms with E-state index in [1.165, 1.54) is 10.5 Å². The van der Waals surface area contributed by atoms with E-state index in [9.17, 15) is 0 Å². The molecular weight excluding hydrogens is 342 g/mol. The number of ether oxygens (including phenoxy) is 2. The van der Waals surface area contributed by atoms with Gasteiger partial charge in [-0.2, -0.15) is 0 Å². The first-order valence-electron chi connectivity index (χ1n) is 9.27. The minimum Gasteiger partial charge on any atom is -0.491 e. The fraction of sp³-hybridized carbons (Fsp3) is 0.455. The van der Waals surface area contributed by atoms with Crippen molar-refractivity contribution in [2.24, 2.45) is 0 Å². The average molecular weight is 372 g/mol. The molecule has 2 aromatic rings. The highest BCUT2D eigenvalue weighted by molar-refractivity contribution is 7.98. The molecule has 3 rings (SSSR count). The van der Waals surface area contributed by atoms with Crippen LogP contribution in [-0.4, -0.2) is 36.0 Å². The van der Waals surface area contributed by atoms with Crippen molar-refractivity contribution < 1.29 is 9.47 Å². The number of benzene rings is 2. The van der Waals surface area contributed by atoms with E-state index in [0.717, 1.165) is 37.6 Å². The van der Waals surface area contributed by atoms with Crippen LogP contribution < -0.4 is 9.47 Å². The Morgan fingerprint density at radius 3 is 2.31 bits per heavy atom. The van der Waals surface area contributed by atoms with Crippen molar-refractivity contribution in [3.63, 3.8) is 0 Å². The van der Waals surface area contributed by atoms with Gasteiger partial charge in [0.2, 0.25) is 0 Å². The van der Waals surface area contributed by atoms with Gasteiger partial charge in [-0.15, -0.1) is 11.8 Å². The molecule has 1 saturated heterocycles. The molecule has 1 aliphatic heterocycles. The number of nitrogens with zero attached hydrogens (tertiary/aromatic N) is 1. The van der Waals surface area contributed by atoms with Gasteiger partial charge in [-0.05, 0) is 69.0 Å². The van der Waals surface area contributed by atoms with Crippen LogP contribution in [0.4, 0.5) is 0 Å². The lowest BCUT2D eigenvalue weighted by atomic mass is 10.1. The molecule has 1 unspecified atom stereocenters. The quantitative estimate of drug-likeness (QED) is 0.621. The number of rotatable bonds is 7. The fourth-order valence-electron chi connectivity index (χ4n) is 3.38. The van der Waals surface area contributed by atoms with Crippen LogP contribution in [0.25, 0.3) is 0 Å². The average Bonchev–Trinajstić information content (AvgIpc) is 2.97. The zero-order valence-electron chi connectivity index (χ0n) is 16.2. The molecule has 1 atom stereocenters. The van der Waals surface area contributed by atoms with E-state index in [-0.39, 0.29) is 11.7 Å². The summed E-state index contributed by atoms with van der Waals surface area (Å²) in [5, 5.41) is 0. The molecule has 1 fully saturated rings. The molecule has 0 spiro atoms. The summed E-state index contributed by atoms with van der Waals surface area (Å²) >= 11 is 1.75. The second kappa shape index (κ2) is 8.36. The van der Waals surface area contributed by atoms with E-state index in [0.29, 0.717) is 0 Å². The van der Waals surface area contributed by atoms with Crippen molar-refractivity contribution in [3.05, 3.63) is 54.1 Å². The van der Waals surface area contributed by atoms with Crippen molar-refractivity contribution >= 4 is 11.8 Å². The Balaban J connectivity index is 1.55. The number of hydrogen-bond acceptors (Lipinski definition) is 4. The first-order valence-corrected chi connectivity index (χ1v) is 10.5. The zero-order chi connectivity index (χ0) is 18.6. The summed E-state index contributed by atoms with van der Waals surface area (Å²) in [5.41, 5.74) is 1.19. The number of likely N-dealkylation sites (tertiary alicyclic amines) is 1. The molecule has 140 valence electrons. The highest BCUT2D eigenvalue weighted by atomic mass is 32.2. The molecule has 1 aliphatic rings. The van der Waals surface area contributed by atoms with Crippen molar-refractivity contribution in [2.75, 3.05) is 19.3 Å². The Morgan fingerprint density at radius 1 is 1.04 bits per heavy atom. The van der Waals surface area contributed by atoms with Crippen molar-refractivity contribution in [2.45, 2.75) is 50.3 Å². The van der Waals surface area contributed by atoms with Gasteiger partial charge in [0.1, 0.15) is 17.1 Å². The van der Waals surface area contributed by atoms with Gasteiger partial charge >= 0.3 is 0 Å². The van der Waals surface area contributed by atoms with Gasteiger partial charge in [0.25, 0.3) is 0 Å². The third-order valence-corrected chi connectivity index (χ3v) is 5.38. The summed E-state index contributed by atoms with van der Waals surface area (Å²) in [6, 6.07) is 16.8. The van der Waals surface area contributed by atoms with Gasteiger partial charge in [0.15, 0.2) is 0 Å². The number of hydrogen-bond donors (Lipinski definition) is 0. The lowest BCUT2D eigenvalue weighted by Gasteiger charge is -2.26. The van der Waals surface area contributed by atoms with Crippen LogP contribution >= 0.6 is 11.8 Å². The SMILES string of the molecule is CSc1ccc(OC2(C)CCN(Cc3ccc(OC(C)C)cc3)C2)cc1. The molecule has 0 saturated carbocycles. The summed E-state index contributed by atoms with van der Waals surface area (Å²) in [6.07, 6.45) is 3.35. The zero-order valence-corrected chi connectivity index (χ0v) is 17.0. The van der Waals surface area contributed by atoms with E-state index < -0.39 is 0 Å². The first kappa shape index (κ1) is 19.1. The molecule has 2 aromatic carbocycles. The molecule has 0 aromatic heterocycles. The largest absolute Gasteiger partial charge is 0.491 e. The standard InChI is InChI=1S/C22H29NO2S/c1-17(2)24-19-7-5-18(6-8-19)15-23-14-13-22(3,16-23)25-20-9-11-21(26-4)12-10-20/h5-12,17H,13-16H2,1-4H3. The molecule has 0 N–H and O–H groups in total. The molecule has 1 heterocycles. The monoisotopic (exact) mass is 371 g/mol. The molecule has 0 amide bonds. The van der Waals surface area contributed by atoms with E-state index in [1.54, 1.807) is 11.8 Å². The van der Waals surface area contributed by atoms with Gasteiger partial charge in [0, 0.05) is 31.0 Å². The van der Waals surface area contributed by atoms with Crippen LogP contribution in [0.1, 0.15) is 32.8 Å². The maximum atomic E-state index is 6.32. The van der Waals surface area contributed by atoms with Crippen molar-refractivity contribution in [1.82, 2.24) is 4.90 Å². The molecule has 0 aliphatic carbocycles. The maximum Gasteiger partial charge on any atom is 0.120 e. The molecule has 0 radical (unpaired) electrons. The Morgan fingerprint density at radius 2 is 1.69 bits per heavy atom. The predicted octanol–water partition coefficient (Wildman–Crippen LogP) is 5.24. The fourth-order valence-corrected chi connectivity index (χ4v) is 3.78. The van der Waals surface area contributed by atoms with Crippen LogP contribution in [-0.2, 0) is 6.54 Å². The van der Waals surface area contributed by atoms with Crippen molar-refractivity contribution in [1.29, 1.82) is 0 Å². The normalized spacial score (nSPS) is 20.5. The van der Waals surface area contributed by atoms with Gasteiger partial charge in [0.05, 0.1) is 6.10 Å².